The van der Waals surface area contributed by atoms with E-state index in [1.807, 2.05) is 49.4 Å². The number of aryl methyl sites for hydroxylation is 1. The van der Waals surface area contributed by atoms with Crippen LogP contribution in [-0.2, 0) is 6.61 Å². The van der Waals surface area contributed by atoms with Crippen LogP contribution in [0.15, 0.2) is 67.0 Å². The number of nitrogens with one attached hydrogen (secondary N) is 2. The molecule has 0 unspecified atom stereocenters. The van der Waals surface area contributed by atoms with Crippen molar-refractivity contribution in [3.8, 4) is 5.75 Å². The molecule has 0 atom stereocenters. The first-order chi connectivity index (χ1) is 16.2. The number of benzene rings is 2. The number of ether oxygens (including phenoxy) is 1. The lowest BCUT2D eigenvalue weighted by atomic mass is 10.1. The van der Waals surface area contributed by atoms with Crippen molar-refractivity contribution in [3.05, 3.63) is 83.8 Å². The van der Waals surface area contributed by atoms with E-state index in [1.54, 1.807) is 23.0 Å². The van der Waals surface area contributed by atoms with Crippen molar-refractivity contribution in [2.24, 2.45) is 0 Å². The molecule has 1 saturated heterocycles. The van der Waals surface area contributed by atoms with Gasteiger partial charge in [-0.2, -0.15) is 5.10 Å². The van der Waals surface area contributed by atoms with Crippen molar-refractivity contribution in [1.82, 2.24) is 19.9 Å². The zero-order valence-corrected chi connectivity index (χ0v) is 18.5. The number of carbonyl (C=O) groups excluding carboxylic acids is 1. The van der Waals surface area contributed by atoms with Gasteiger partial charge in [-0.15, -0.1) is 0 Å². The Morgan fingerprint density at radius 1 is 1.12 bits per heavy atom. The van der Waals surface area contributed by atoms with Crippen molar-refractivity contribution in [1.29, 1.82) is 0 Å². The second kappa shape index (κ2) is 9.30. The molecule has 1 aliphatic rings. The summed E-state index contributed by atoms with van der Waals surface area (Å²) >= 11 is 0. The molecule has 1 fully saturated rings. The van der Waals surface area contributed by atoms with Crippen LogP contribution in [0.3, 0.4) is 0 Å². The van der Waals surface area contributed by atoms with Crippen LogP contribution in [0.5, 0.6) is 5.75 Å². The standard InChI is InChI=1S/C25H26N6O2/c1-18-7-8-20(30-13-10-26-11-14-30)15-22(18)29-25(32)21-9-12-31-24(28-21)23(16-27-31)33-17-19-5-3-2-4-6-19/h2-9,12,15-16,26H,10-11,13-14,17H2,1H3,(H,29,32). The Kier molecular flexibility index (Phi) is 5.91. The Morgan fingerprint density at radius 2 is 1.94 bits per heavy atom. The van der Waals surface area contributed by atoms with Gasteiger partial charge in [0.1, 0.15) is 12.3 Å². The minimum absolute atomic E-state index is 0.270. The van der Waals surface area contributed by atoms with E-state index in [9.17, 15) is 4.79 Å². The van der Waals surface area contributed by atoms with E-state index in [4.69, 9.17) is 4.74 Å². The molecule has 8 nitrogen and oxygen atoms in total. The third-order valence-electron chi connectivity index (χ3n) is 5.76. The molecule has 0 saturated carbocycles. The zero-order valence-electron chi connectivity index (χ0n) is 18.5. The summed E-state index contributed by atoms with van der Waals surface area (Å²) in [4.78, 5) is 19.9. The highest BCUT2D eigenvalue weighted by molar-refractivity contribution is 6.03. The lowest BCUT2D eigenvalue weighted by Crippen LogP contribution is -2.43. The molecule has 5 rings (SSSR count). The Hall–Kier alpha value is -3.91. The topological polar surface area (TPSA) is 83.8 Å². The molecule has 33 heavy (non-hydrogen) atoms. The summed E-state index contributed by atoms with van der Waals surface area (Å²) in [6.45, 7) is 6.20. The van der Waals surface area contributed by atoms with Gasteiger partial charge < -0.3 is 20.3 Å². The maximum absolute atomic E-state index is 13.0. The molecule has 0 aliphatic carbocycles. The van der Waals surface area contributed by atoms with E-state index >= 15 is 0 Å². The highest BCUT2D eigenvalue weighted by Crippen LogP contribution is 2.25. The summed E-state index contributed by atoms with van der Waals surface area (Å²) in [5.74, 6) is 0.263. The molecule has 0 bridgehead atoms. The number of nitrogens with zero attached hydrogens (tertiary/aromatic N) is 4. The number of carbonyl (C=O) groups is 1. The minimum Gasteiger partial charge on any atom is -0.483 e. The molecule has 1 aliphatic heterocycles. The van der Waals surface area contributed by atoms with Gasteiger partial charge in [-0.25, -0.2) is 9.50 Å². The predicted molar refractivity (Wildman–Crippen MR) is 128 cm³/mol. The molecule has 2 aromatic carbocycles. The fourth-order valence-corrected chi connectivity index (χ4v) is 3.86. The van der Waals surface area contributed by atoms with Crippen LogP contribution in [0.25, 0.3) is 5.65 Å². The first kappa shape index (κ1) is 21.0. The van der Waals surface area contributed by atoms with Crippen LogP contribution in [-0.4, -0.2) is 46.7 Å². The maximum atomic E-state index is 13.0. The van der Waals surface area contributed by atoms with Crippen molar-refractivity contribution in [3.63, 3.8) is 0 Å². The molecule has 1 amide bonds. The molecule has 168 valence electrons. The minimum atomic E-state index is -0.270. The summed E-state index contributed by atoms with van der Waals surface area (Å²) in [5, 5.41) is 10.7. The monoisotopic (exact) mass is 442 g/mol. The fourth-order valence-electron chi connectivity index (χ4n) is 3.86. The summed E-state index contributed by atoms with van der Waals surface area (Å²) in [5.41, 5.74) is 4.74. The quantitative estimate of drug-likeness (QED) is 0.477. The lowest BCUT2D eigenvalue weighted by Gasteiger charge is -2.30. The molecule has 0 radical (unpaired) electrons. The SMILES string of the molecule is Cc1ccc(N2CCNCC2)cc1NC(=O)c1ccn2ncc(OCc3ccccc3)c2n1. The molecule has 2 aromatic heterocycles. The van der Waals surface area contributed by atoms with E-state index in [0.29, 0.717) is 23.7 Å². The van der Waals surface area contributed by atoms with Gasteiger partial charge in [0.2, 0.25) is 0 Å². The normalized spacial score (nSPS) is 13.8. The fraction of sp³-hybridized carbons (Fsp3) is 0.240. The Morgan fingerprint density at radius 3 is 2.76 bits per heavy atom. The number of rotatable bonds is 6. The zero-order chi connectivity index (χ0) is 22.6. The largest absolute Gasteiger partial charge is 0.483 e. The van der Waals surface area contributed by atoms with Gasteiger partial charge in [0.05, 0.1) is 6.20 Å². The number of amides is 1. The van der Waals surface area contributed by atoms with Crippen molar-refractivity contribution in [2.45, 2.75) is 13.5 Å². The lowest BCUT2D eigenvalue weighted by molar-refractivity contribution is 0.102. The number of piperazine rings is 1. The van der Waals surface area contributed by atoms with Crippen LogP contribution in [0, 0.1) is 6.92 Å². The molecular formula is C25H26N6O2. The summed E-state index contributed by atoms with van der Waals surface area (Å²) < 4.78 is 7.52. The van der Waals surface area contributed by atoms with Gasteiger partial charge in [-0.05, 0) is 36.2 Å². The van der Waals surface area contributed by atoms with Crippen LogP contribution < -0.4 is 20.3 Å². The smallest absolute Gasteiger partial charge is 0.274 e. The third-order valence-corrected chi connectivity index (χ3v) is 5.76. The van der Waals surface area contributed by atoms with E-state index in [-0.39, 0.29) is 5.91 Å². The van der Waals surface area contributed by atoms with Crippen LogP contribution in [0.2, 0.25) is 0 Å². The Labute approximate surface area is 192 Å². The van der Waals surface area contributed by atoms with Crippen LogP contribution in [0.1, 0.15) is 21.6 Å². The summed E-state index contributed by atoms with van der Waals surface area (Å²) in [6.07, 6.45) is 3.34. The molecule has 0 spiro atoms. The highest BCUT2D eigenvalue weighted by atomic mass is 16.5. The van der Waals surface area contributed by atoms with Gasteiger partial charge in [-0.1, -0.05) is 36.4 Å². The molecule has 4 aromatic rings. The predicted octanol–water partition coefficient (Wildman–Crippen LogP) is 3.28. The summed E-state index contributed by atoms with van der Waals surface area (Å²) in [6, 6.07) is 17.7. The molecular weight excluding hydrogens is 416 g/mol. The van der Waals surface area contributed by atoms with Gasteiger partial charge in [0, 0.05) is 43.8 Å². The number of hydrogen-bond donors (Lipinski definition) is 2. The van der Waals surface area contributed by atoms with Gasteiger partial charge >= 0.3 is 0 Å². The Balaban J connectivity index is 1.34. The van der Waals surface area contributed by atoms with Gasteiger partial charge in [-0.3, -0.25) is 4.79 Å². The molecule has 3 heterocycles. The maximum Gasteiger partial charge on any atom is 0.274 e. The second-order valence-corrected chi connectivity index (χ2v) is 8.05. The average molecular weight is 443 g/mol. The van der Waals surface area contributed by atoms with Crippen molar-refractivity contribution < 1.29 is 9.53 Å². The van der Waals surface area contributed by atoms with E-state index in [2.05, 4.69) is 31.7 Å². The Bertz CT molecular complexity index is 1260. The first-order valence-electron chi connectivity index (χ1n) is 11.1. The van der Waals surface area contributed by atoms with Crippen molar-refractivity contribution in [2.75, 3.05) is 36.4 Å². The highest BCUT2D eigenvalue weighted by Gasteiger charge is 2.16. The molecule has 8 heteroatoms. The number of aromatic nitrogens is 3. The van der Waals surface area contributed by atoms with E-state index < -0.39 is 0 Å². The average Bonchev–Trinajstić information content (AvgIpc) is 3.27. The van der Waals surface area contributed by atoms with Crippen LogP contribution >= 0.6 is 0 Å². The van der Waals surface area contributed by atoms with Crippen LogP contribution in [0.4, 0.5) is 11.4 Å². The summed E-state index contributed by atoms with van der Waals surface area (Å²) in [7, 11) is 0. The number of fused-ring (bicyclic) bond motifs is 1. The van der Waals surface area contributed by atoms with E-state index in [0.717, 1.165) is 48.7 Å². The van der Waals surface area contributed by atoms with Crippen molar-refractivity contribution >= 4 is 22.9 Å². The van der Waals surface area contributed by atoms with Gasteiger partial charge in [0.25, 0.3) is 5.91 Å². The van der Waals surface area contributed by atoms with E-state index in [1.165, 1.54) is 0 Å². The molecule has 2 N–H and O–H groups in total. The second-order valence-electron chi connectivity index (χ2n) is 8.05. The first-order valence-corrected chi connectivity index (χ1v) is 11.1. The number of anilines is 2. The third kappa shape index (κ3) is 4.65. The number of hydrogen-bond acceptors (Lipinski definition) is 6. The van der Waals surface area contributed by atoms with Gasteiger partial charge in [0.15, 0.2) is 11.4 Å².